The molecule has 0 heterocycles. The third-order valence-electron chi connectivity index (χ3n) is 3.89. The van der Waals surface area contributed by atoms with Crippen LogP contribution in [-0.4, -0.2) is 18.7 Å². The molecule has 3 aromatic rings. The van der Waals surface area contributed by atoms with E-state index < -0.39 is 0 Å². The van der Waals surface area contributed by atoms with Gasteiger partial charge < -0.3 is 9.47 Å². The molecule has 0 saturated carbocycles. The molecule has 0 atom stereocenters. The SMILES string of the molecule is O=C(COc1ccccc1I)N/N=C/c1ccc(OCc2ccc(Br)cc2Br)cc1. The van der Waals surface area contributed by atoms with Crippen LogP contribution in [0.5, 0.6) is 11.5 Å². The molecular weight excluding hydrogens is 627 g/mol. The quantitative estimate of drug-likeness (QED) is 0.188. The van der Waals surface area contributed by atoms with Gasteiger partial charge in [-0.2, -0.15) is 5.10 Å². The Kier molecular flexibility index (Phi) is 8.71. The van der Waals surface area contributed by atoms with Crippen LogP contribution >= 0.6 is 54.5 Å². The fourth-order valence-electron chi connectivity index (χ4n) is 2.37. The lowest BCUT2D eigenvalue weighted by molar-refractivity contribution is -0.123. The number of rotatable bonds is 8. The summed E-state index contributed by atoms with van der Waals surface area (Å²) in [6, 6.07) is 20.9. The van der Waals surface area contributed by atoms with E-state index in [4.69, 9.17) is 9.47 Å². The van der Waals surface area contributed by atoms with E-state index in [9.17, 15) is 4.79 Å². The molecule has 154 valence electrons. The Morgan fingerprint density at radius 2 is 1.80 bits per heavy atom. The van der Waals surface area contributed by atoms with E-state index in [1.54, 1.807) is 6.21 Å². The summed E-state index contributed by atoms with van der Waals surface area (Å²) >= 11 is 9.12. The standard InChI is InChI=1S/C22H17Br2IN2O3/c23-17-8-7-16(19(24)11-17)13-29-18-9-5-15(6-10-18)12-26-27-22(28)14-30-21-4-2-1-3-20(21)25/h1-12H,13-14H2,(H,27,28)/b26-12+. The first-order valence-electron chi connectivity index (χ1n) is 8.87. The second-order valence-electron chi connectivity index (χ2n) is 6.11. The molecule has 1 N–H and O–H groups in total. The maximum Gasteiger partial charge on any atom is 0.277 e. The van der Waals surface area contributed by atoms with Crippen molar-refractivity contribution in [1.82, 2.24) is 5.43 Å². The number of hydrazone groups is 1. The number of carbonyl (C=O) groups is 1. The van der Waals surface area contributed by atoms with Gasteiger partial charge in [0, 0.05) is 14.5 Å². The van der Waals surface area contributed by atoms with Gasteiger partial charge >= 0.3 is 0 Å². The summed E-state index contributed by atoms with van der Waals surface area (Å²) in [6.45, 7) is 0.355. The number of nitrogens with one attached hydrogen (secondary N) is 1. The molecule has 0 aromatic heterocycles. The Morgan fingerprint density at radius 1 is 1.03 bits per heavy atom. The number of hydrogen-bond acceptors (Lipinski definition) is 4. The van der Waals surface area contributed by atoms with Crippen molar-refractivity contribution in [2.45, 2.75) is 6.61 Å². The van der Waals surface area contributed by atoms with Crippen LogP contribution in [-0.2, 0) is 11.4 Å². The van der Waals surface area contributed by atoms with Gasteiger partial charge in [0.05, 0.1) is 9.78 Å². The molecule has 8 heteroatoms. The molecule has 0 unspecified atom stereocenters. The highest BCUT2D eigenvalue weighted by molar-refractivity contribution is 14.1. The predicted octanol–water partition coefficient (Wildman–Crippen LogP) is 5.92. The van der Waals surface area contributed by atoms with E-state index in [0.717, 1.165) is 29.4 Å². The van der Waals surface area contributed by atoms with Gasteiger partial charge in [-0.25, -0.2) is 5.43 Å². The summed E-state index contributed by atoms with van der Waals surface area (Å²) in [5.74, 6) is 1.09. The second kappa shape index (κ2) is 11.5. The average molecular weight is 644 g/mol. The van der Waals surface area contributed by atoms with Crippen molar-refractivity contribution in [3.05, 3.63) is 90.4 Å². The Hall–Kier alpha value is -1.91. The van der Waals surface area contributed by atoms with Crippen LogP contribution in [0.1, 0.15) is 11.1 Å². The first-order valence-corrected chi connectivity index (χ1v) is 11.5. The number of para-hydroxylation sites is 1. The Labute approximate surface area is 205 Å². The Morgan fingerprint density at radius 3 is 2.53 bits per heavy atom. The molecule has 0 spiro atoms. The lowest BCUT2D eigenvalue weighted by atomic mass is 10.2. The maximum atomic E-state index is 11.9. The number of carbonyl (C=O) groups excluding carboxylic acids is 1. The third-order valence-corrected chi connectivity index (χ3v) is 6.01. The number of nitrogens with zero attached hydrogens (tertiary/aromatic N) is 1. The summed E-state index contributed by atoms with van der Waals surface area (Å²) < 4.78 is 14.2. The topological polar surface area (TPSA) is 59.9 Å². The molecule has 0 fully saturated rings. The molecule has 0 aliphatic heterocycles. The first-order chi connectivity index (χ1) is 14.5. The van der Waals surface area contributed by atoms with Gasteiger partial charge in [0.15, 0.2) is 6.61 Å². The molecule has 0 bridgehead atoms. The van der Waals surface area contributed by atoms with E-state index in [2.05, 4.69) is 65.0 Å². The highest BCUT2D eigenvalue weighted by Crippen LogP contribution is 2.23. The lowest BCUT2D eigenvalue weighted by Crippen LogP contribution is -2.24. The summed E-state index contributed by atoms with van der Waals surface area (Å²) in [4.78, 5) is 11.9. The minimum absolute atomic E-state index is 0.101. The average Bonchev–Trinajstić information content (AvgIpc) is 2.73. The van der Waals surface area contributed by atoms with E-state index in [1.165, 1.54) is 0 Å². The van der Waals surface area contributed by atoms with Crippen LogP contribution in [0.25, 0.3) is 0 Å². The van der Waals surface area contributed by atoms with Crippen molar-refractivity contribution < 1.29 is 14.3 Å². The van der Waals surface area contributed by atoms with E-state index in [1.807, 2.05) is 66.7 Å². The van der Waals surface area contributed by atoms with Gasteiger partial charge in [-0.1, -0.05) is 50.1 Å². The Balaban J connectivity index is 1.45. The summed E-state index contributed by atoms with van der Waals surface area (Å²) in [7, 11) is 0. The second-order valence-corrected chi connectivity index (χ2v) is 9.04. The van der Waals surface area contributed by atoms with Crippen LogP contribution in [0, 0.1) is 3.57 Å². The smallest absolute Gasteiger partial charge is 0.277 e. The van der Waals surface area contributed by atoms with Gasteiger partial charge in [-0.15, -0.1) is 0 Å². The van der Waals surface area contributed by atoms with Gasteiger partial charge in [-0.05, 0) is 76.7 Å². The molecule has 0 radical (unpaired) electrons. The zero-order valence-corrected chi connectivity index (χ0v) is 21.0. The van der Waals surface area contributed by atoms with Gasteiger partial charge in [0.2, 0.25) is 0 Å². The van der Waals surface area contributed by atoms with E-state index in [-0.39, 0.29) is 12.5 Å². The Bertz CT molecular complexity index is 1040. The molecule has 30 heavy (non-hydrogen) atoms. The number of benzene rings is 3. The van der Waals surface area contributed by atoms with Crippen LogP contribution in [0.15, 0.2) is 80.8 Å². The zero-order chi connectivity index (χ0) is 21.3. The van der Waals surface area contributed by atoms with Crippen LogP contribution in [0.3, 0.4) is 0 Å². The predicted molar refractivity (Wildman–Crippen MR) is 133 cm³/mol. The minimum Gasteiger partial charge on any atom is -0.489 e. The highest BCUT2D eigenvalue weighted by Gasteiger charge is 2.04. The van der Waals surface area contributed by atoms with Gasteiger partial charge in [0.25, 0.3) is 5.91 Å². The third kappa shape index (κ3) is 7.10. The van der Waals surface area contributed by atoms with Crippen LogP contribution in [0.4, 0.5) is 0 Å². The van der Waals surface area contributed by atoms with Gasteiger partial charge in [0.1, 0.15) is 18.1 Å². The molecule has 1 amide bonds. The fourth-order valence-corrected chi connectivity index (χ4v) is 4.07. The van der Waals surface area contributed by atoms with Crippen molar-refractivity contribution in [2.75, 3.05) is 6.61 Å². The lowest BCUT2D eigenvalue weighted by Gasteiger charge is -2.08. The van der Waals surface area contributed by atoms with E-state index in [0.29, 0.717) is 12.4 Å². The normalized spacial score (nSPS) is 10.8. The molecule has 0 aliphatic rings. The van der Waals surface area contributed by atoms with Crippen LogP contribution in [0.2, 0.25) is 0 Å². The largest absolute Gasteiger partial charge is 0.489 e. The number of hydrogen-bond donors (Lipinski definition) is 1. The highest BCUT2D eigenvalue weighted by atomic mass is 127. The van der Waals surface area contributed by atoms with Crippen molar-refractivity contribution in [1.29, 1.82) is 0 Å². The van der Waals surface area contributed by atoms with Crippen molar-refractivity contribution in [2.24, 2.45) is 5.10 Å². The fraction of sp³-hybridized carbons (Fsp3) is 0.0909. The van der Waals surface area contributed by atoms with Crippen molar-refractivity contribution in [3.63, 3.8) is 0 Å². The molecular formula is C22H17Br2IN2O3. The van der Waals surface area contributed by atoms with Crippen molar-refractivity contribution >= 4 is 66.6 Å². The van der Waals surface area contributed by atoms with Gasteiger partial charge in [-0.3, -0.25) is 4.79 Å². The number of ether oxygens (including phenoxy) is 2. The summed E-state index contributed by atoms with van der Waals surface area (Å²) in [5, 5.41) is 3.96. The maximum absolute atomic E-state index is 11.9. The molecule has 0 aliphatic carbocycles. The molecule has 3 aromatic carbocycles. The molecule has 3 rings (SSSR count). The minimum atomic E-state index is -0.328. The van der Waals surface area contributed by atoms with E-state index >= 15 is 0 Å². The zero-order valence-electron chi connectivity index (χ0n) is 15.6. The van der Waals surface area contributed by atoms with Crippen LogP contribution < -0.4 is 14.9 Å². The summed E-state index contributed by atoms with van der Waals surface area (Å²) in [6.07, 6.45) is 1.57. The van der Waals surface area contributed by atoms with Crippen molar-refractivity contribution in [3.8, 4) is 11.5 Å². The number of halogens is 3. The first kappa shape index (κ1) is 22.8. The monoisotopic (exact) mass is 642 g/mol. The summed E-state index contributed by atoms with van der Waals surface area (Å²) in [5.41, 5.74) is 4.35. The number of amides is 1. The molecule has 0 saturated heterocycles. The molecule has 5 nitrogen and oxygen atoms in total.